The highest BCUT2D eigenvalue weighted by atomic mass is 16.5. The molecule has 24 heavy (non-hydrogen) atoms. The van der Waals surface area contributed by atoms with E-state index in [9.17, 15) is 4.79 Å². The molecular formula is C22H34O2. The second-order valence-corrected chi connectivity index (χ2v) is 9.38. The van der Waals surface area contributed by atoms with Gasteiger partial charge in [-0.25, -0.2) is 0 Å². The summed E-state index contributed by atoms with van der Waals surface area (Å²) in [6.07, 6.45) is 11.8. The Morgan fingerprint density at radius 2 is 1.96 bits per heavy atom. The van der Waals surface area contributed by atoms with Crippen molar-refractivity contribution in [3.05, 3.63) is 11.1 Å². The molecule has 3 fully saturated rings. The molecule has 0 heterocycles. The van der Waals surface area contributed by atoms with Gasteiger partial charge in [0.1, 0.15) is 5.78 Å². The molecule has 0 aromatic carbocycles. The van der Waals surface area contributed by atoms with E-state index in [4.69, 9.17) is 4.74 Å². The highest BCUT2D eigenvalue weighted by molar-refractivity contribution is 5.79. The Morgan fingerprint density at radius 3 is 2.71 bits per heavy atom. The summed E-state index contributed by atoms with van der Waals surface area (Å²) < 4.78 is 5.42. The fraction of sp³-hybridized carbons (Fsp3) is 0.864. The largest absolute Gasteiger partial charge is 0.384 e. The van der Waals surface area contributed by atoms with Crippen molar-refractivity contribution < 1.29 is 9.53 Å². The highest BCUT2D eigenvalue weighted by Crippen LogP contribution is 2.62. The van der Waals surface area contributed by atoms with Crippen LogP contribution in [0.4, 0.5) is 0 Å². The fourth-order valence-electron chi connectivity index (χ4n) is 7.27. The second kappa shape index (κ2) is 6.27. The van der Waals surface area contributed by atoms with Gasteiger partial charge in [-0.05, 0) is 93.8 Å². The molecule has 0 aliphatic heterocycles. The number of carbonyl (C=O) groups excluding carboxylic acids is 1. The lowest BCUT2D eigenvalue weighted by molar-refractivity contribution is -0.125. The van der Waals surface area contributed by atoms with Gasteiger partial charge >= 0.3 is 0 Å². The Kier molecular flexibility index (Phi) is 4.39. The van der Waals surface area contributed by atoms with E-state index in [2.05, 4.69) is 6.92 Å². The lowest BCUT2D eigenvalue weighted by Crippen LogP contribution is -2.42. The van der Waals surface area contributed by atoms with Gasteiger partial charge in [0, 0.05) is 19.6 Å². The van der Waals surface area contributed by atoms with Gasteiger partial charge in [-0.15, -0.1) is 0 Å². The summed E-state index contributed by atoms with van der Waals surface area (Å²) in [5, 5.41) is 0. The van der Waals surface area contributed by atoms with E-state index in [1.54, 1.807) is 0 Å². The molecule has 6 atom stereocenters. The minimum atomic E-state index is 0.292. The van der Waals surface area contributed by atoms with Gasteiger partial charge in [0.2, 0.25) is 0 Å². The molecule has 2 heteroatoms. The van der Waals surface area contributed by atoms with Crippen molar-refractivity contribution in [2.24, 2.45) is 35.0 Å². The predicted octanol–water partition coefficient (Wildman–Crippen LogP) is 5.17. The smallest absolute Gasteiger partial charge is 0.133 e. The normalized spacial score (nSPS) is 44.7. The molecule has 134 valence electrons. The van der Waals surface area contributed by atoms with Crippen molar-refractivity contribution in [1.29, 1.82) is 0 Å². The molecule has 0 saturated heterocycles. The minimum Gasteiger partial charge on any atom is -0.384 e. The van der Waals surface area contributed by atoms with E-state index in [-0.39, 0.29) is 0 Å². The third-order valence-electron chi connectivity index (χ3n) is 8.34. The van der Waals surface area contributed by atoms with E-state index < -0.39 is 0 Å². The number of methoxy groups -OCH3 is 1. The molecule has 3 saturated carbocycles. The zero-order valence-electron chi connectivity index (χ0n) is 15.8. The van der Waals surface area contributed by atoms with Gasteiger partial charge < -0.3 is 4.74 Å². The first kappa shape index (κ1) is 16.8. The summed E-state index contributed by atoms with van der Waals surface area (Å²) in [5.74, 6) is 4.00. The van der Waals surface area contributed by atoms with Gasteiger partial charge in [-0.1, -0.05) is 18.1 Å². The van der Waals surface area contributed by atoms with Crippen molar-refractivity contribution in [1.82, 2.24) is 0 Å². The second-order valence-electron chi connectivity index (χ2n) is 9.38. The molecule has 0 N–H and O–H groups in total. The molecule has 0 aromatic heterocycles. The first-order valence-corrected chi connectivity index (χ1v) is 10.3. The zero-order valence-corrected chi connectivity index (χ0v) is 15.8. The number of allylic oxidation sites excluding steroid dienone is 2. The Hall–Kier alpha value is -0.630. The van der Waals surface area contributed by atoms with E-state index in [0.29, 0.717) is 17.1 Å². The monoisotopic (exact) mass is 330 g/mol. The van der Waals surface area contributed by atoms with Crippen LogP contribution in [-0.4, -0.2) is 19.5 Å². The number of hydrogen-bond acceptors (Lipinski definition) is 2. The van der Waals surface area contributed by atoms with Crippen LogP contribution in [0.3, 0.4) is 0 Å². The molecular weight excluding hydrogens is 296 g/mol. The fourth-order valence-corrected chi connectivity index (χ4v) is 7.27. The summed E-state index contributed by atoms with van der Waals surface area (Å²) >= 11 is 0. The standard InChI is InChI=1S/C22H34O2/c1-14(23)20-8-9-21-19-7-5-16-12-15(13-24-3)4-6-17(16)18(19)10-11-22(20,21)2/h15-16,19-21H,4-13H2,1-3H3/t15?,16?,19-,20-,21+,22-/m1/s1. The Morgan fingerprint density at radius 1 is 1.12 bits per heavy atom. The van der Waals surface area contributed by atoms with Crippen LogP contribution in [0, 0.1) is 35.0 Å². The summed E-state index contributed by atoms with van der Waals surface area (Å²) in [5.41, 5.74) is 4.00. The van der Waals surface area contributed by atoms with Gasteiger partial charge in [-0.3, -0.25) is 4.79 Å². The third kappa shape index (κ3) is 2.52. The zero-order chi connectivity index (χ0) is 16.9. The molecule has 0 bridgehead atoms. The van der Waals surface area contributed by atoms with Crippen LogP contribution >= 0.6 is 0 Å². The number of Topliss-reactive ketones (excluding diaryl/α,β-unsaturated/α-hetero) is 1. The van der Waals surface area contributed by atoms with Crippen molar-refractivity contribution in [2.45, 2.75) is 71.6 Å². The van der Waals surface area contributed by atoms with Crippen LogP contribution < -0.4 is 0 Å². The van der Waals surface area contributed by atoms with Gasteiger partial charge in [-0.2, -0.15) is 0 Å². The van der Waals surface area contributed by atoms with Crippen molar-refractivity contribution in [3.63, 3.8) is 0 Å². The average Bonchev–Trinajstić information content (AvgIpc) is 2.92. The molecule has 4 rings (SSSR count). The summed E-state index contributed by atoms with van der Waals surface area (Å²) in [7, 11) is 1.85. The van der Waals surface area contributed by atoms with E-state index in [1.165, 1.54) is 51.4 Å². The minimum absolute atomic E-state index is 0.292. The quantitative estimate of drug-likeness (QED) is 0.667. The molecule has 4 aliphatic carbocycles. The Bertz CT molecular complexity index is 548. The molecule has 0 aromatic rings. The number of hydrogen-bond donors (Lipinski definition) is 0. The maximum atomic E-state index is 12.2. The van der Waals surface area contributed by atoms with Crippen LogP contribution in [0.2, 0.25) is 0 Å². The SMILES string of the molecule is COCC1CCC2=C3CC[C@]4(C)[C@@H](C(C)=O)CC[C@H]4[C@@H]3CCC2C1. The third-order valence-corrected chi connectivity index (χ3v) is 8.34. The lowest BCUT2D eigenvalue weighted by Gasteiger charge is -2.50. The molecule has 2 nitrogen and oxygen atoms in total. The Labute approximate surface area is 147 Å². The number of carbonyl (C=O) groups is 1. The summed E-state index contributed by atoms with van der Waals surface area (Å²) in [6, 6.07) is 0. The van der Waals surface area contributed by atoms with Gasteiger partial charge in [0.15, 0.2) is 0 Å². The summed E-state index contributed by atoms with van der Waals surface area (Å²) in [6.45, 7) is 5.23. The van der Waals surface area contributed by atoms with Crippen LogP contribution in [0.1, 0.15) is 71.6 Å². The van der Waals surface area contributed by atoms with E-state index in [1.807, 2.05) is 25.2 Å². The van der Waals surface area contributed by atoms with Gasteiger partial charge in [0.25, 0.3) is 0 Å². The maximum absolute atomic E-state index is 12.2. The van der Waals surface area contributed by atoms with Crippen molar-refractivity contribution in [3.8, 4) is 0 Å². The lowest BCUT2D eigenvalue weighted by atomic mass is 9.54. The predicted molar refractivity (Wildman–Crippen MR) is 96.7 cm³/mol. The van der Waals surface area contributed by atoms with Gasteiger partial charge in [0.05, 0.1) is 0 Å². The summed E-state index contributed by atoms with van der Waals surface area (Å²) in [4.78, 5) is 12.2. The van der Waals surface area contributed by atoms with E-state index >= 15 is 0 Å². The number of ketones is 1. The van der Waals surface area contributed by atoms with Crippen LogP contribution in [0.5, 0.6) is 0 Å². The molecule has 2 unspecified atom stereocenters. The molecule has 0 radical (unpaired) electrons. The topological polar surface area (TPSA) is 26.3 Å². The first-order chi connectivity index (χ1) is 11.5. The van der Waals surface area contributed by atoms with Crippen LogP contribution in [0.25, 0.3) is 0 Å². The van der Waals surface area contributed by atoms with Crippen molar-refractivity contribution >= 4 is 5.78 Å². The molecule has 4 aliphatic rings. The Balaban J connectivity index is 1.58. The number of fused-ring (bicyclic) bond motifs is 4. The average molecular weight is 331 g/mol. The number of ether oxygens (including phenoxy) is 1. The molecule has 0 amide bonds. The number of rotatable bonds is 3. The van der Waals surface area contributed by atoms with Crippen LogP contribution in [-0.2, 0) is 9.53 Å². The van der Waals surface area contributed by atoms with E-state index in [0.717, 1.165) is 36.7 Å². The van der Waals surface area contributed by atoms with Crippen LogP contribution in [0.15, 0.2) is 11.1 Å². The highest BCUT2D eigenvalue weighted by Gasteiger charge is 2.55. The van der Waals surface area contributed by atoms with Crippen molar-refractivity contribution in [2.75, 3.05) is 13.7 Å². The first-order valence-electron chi connectivity index (χ1n) is 10.3. The molecule has 0 spiro atoms. The maximum Gasteiger partial charge on any atom is 0.133 e.